The van der Waals surface area contributed by atoms with Gasteiger partial charge in [-0.1, -0.05) is 0 Å². The molecule has 0 aliphatic rings. The number of hydrogen-bond donors (Lipinski definition) is 0. The van der Waals surface area contributed by atoms with Gasteiger partial charge in [-0.05, 0) is 0 Å². The van der Waals surface area contributed by atoms with Crippen LogP contribution in [0.1, 0.15) is 0 Å². The fourth-order valence-corrected chi connectivity index (χ4v) is 3.96. The van der Waals surface area contributed by atoms with Crippen molar-refractivity contribution in [2.45, 2.75) is 0 Å². The maximum Gasteiger partial charge on any atom is -0.107 e. The Morgan fingerprint density at radius 2 is 1.90 bits per heavy atom. The van der Waals surface area contributed by atoms with Crippen LogP contribution >= 0.6 is 37.6 Å². The molecule has 0 atom stereocenters. The Labute approximate surface area is 90.6 Å². The standard InChI is InChI=1S/C6H4F.BrH.HI.Zn/c7-6-4-2-1-3-5-6;;;/h1-4H;2*1H;/q;;;+1/p-1. The third kappa shape index (κ3) is 2.93. The molecule has 1 rings (SSSR count). The summed E-state index contributed by atoms with van der Waals surface area (Å²) in [5.74, 6) is -0.0608. The molecule has 0 spiro atoms. The Morgan fingerprint density at radius 3 is 2.30 bits per heavy atom. The second-order valence-electron chi connectivity index (χ2n) is 1.73. The minimum atomic E-state index is -0.879. The molecule has 0 aliphatic carbocycles. The summed E-state index contributed by atoms with van der Waals surface area (Å²) in [7, 11) is 0. The van der Waals surface area contributed by atoms with Gasteiger partial charge in [0.1, 0.15) is 0 Å². The topological polar surface area (TPSA) is 0 Å². The first kappa shape index (κ1) is 11.0. The van der Waals surface area contributed by atoms with Crippen LogP contribution in [-0.2, 0) is 15.2 Å². The fourth-order valence-electron chi connectivity index (χ4n) is 0.607. The summed E-state index contributed by atoms with van der Waals surface area (Å²) in [5.41, 5.74) is 0. The molecule has 0 saturated heterocycles. The van der Waals surface area contributed by atoms with Crippen molar-refractivity contribution in [3.8, 4) is 0 Å². The van der Waals surface area contributed by atoms with Crippen LogP contribution in [-0.4, -0.2) is 0 Å². The number of benzene rings is 1. The number of hydrogen-bond acceptors (Lipinski definition) is 0. The van der Waals surface area contributed by atoms with E-state index in [1.54, 1.807) is 6.07 Å². The van der Waals surface area contributed by atoms with Crippen LogP contribution in [0.3, 0.4) is 0 Å². The van der Waals surface area contributed by atoms with Crippen LogP contribution in [0.15, 0.2) is 24.3 Å². The van der Waals surface area contributed by atoms with Gasteiger partial charge in [-0.2, -0.15) is 0 Å². The molecule has 0 heterocycles. The first-order chi connectivity index (χ1) is 4.34. The molecule has 4 heteroatoms. The van der Waals surface area contributed by atoms with Gasteiger partial charge in [0.15, 0.2) is 0 Å². The Morgan fingerprint density at radius 1 is 1.30 bits per heavy atom. The van der Waals surface area contributed by atoms with Crippen molar-refractivity contribution >= 4 is 41.8 Å². The van der Waals surface area contributed by atoms with Gasteiger partial charge >= 0.3 is 67.4 Å². The monoisotopic (exact) mass is 366 g/mol. The van der Waals surface area contributed by atoms with Gasteiger partial charge in [0.25, 0.3) is 0 Å². The van der Waals surface area contributed by atoms with E-state index in [1.165, 1.54) is 6.07 Å². The third-order valence-corrected chi connectivity index (χ3v) is 6.05. The molecule has 0 nitrogen and oxygen atoms in total. The van der Waals surface area contributed by atoms with Gasteiger partial charge in [0.2, 0.25) is 0 Å². The van der Waals surface area contributed by atoms with E-state index >= 15 is 0 Å². The van der Waals surface area contributed by atoms with Crippen LogP contribution in [0, 0.1) is 5.82 Å². The summed E-state index contributed by atoms with van der Waals surface area (Å²) in [5, 5.41) is 0. The molecule has 0 fully saturated rings. The quantitative estimate of drug-likeness (QED) is 0.528. The van der Waals surface area contributed by atoms with Crippen LogP contribution in [0.5, 0.6) is 0 Å². The molecule has 52 valence electrons. The Bertz CT molecular complexity index is 207. The molecule has 0 radical (unpaired) electrons. The first-order valence-electron chi connectivity index (χ1n) is 2.64. The van der Waals surface area contributed by atoms with Gasteiger partial charge in [-0.25, -0.2) is 0 Å². The summed E-state index contributed by atoms with van der Waals surface area (Å²) in [4.78, 5) is 0. The van der Waals surface area contributed by atoms with E-state index < -0.39 is 15.2 Å². The Kier molecular flexibility index (Phi) is 6.16. The number of rotatable bonds is 1. The minimum Gasteiger partial charge on any atom is -0.107 e. The smallest absolute Gasteiger partial charge is 0.107 e. The second-order valence-corrected chi connectivity index (χ2v) is 6.80. The average molecular weight is 368 g/mol. The zero-order valence-corrected chi connectivity index (χ0v) is 12.1. The first-order valence-corrected chi connectivity index (χ1v) is 11.1. The van der Waals surface area contributed by atoms with Crippen LogP contribution in [0.2, 0.25) is 0 Å². The second kappa shape index (κ2) is 5.61. The maximum absolute atomic E-state index is 12.6. The summed E-state index contributed by atoms with van der Waals surface area (Å²) in [6.45, 7) is 0. The largest absolute Gasteiger partial charge is 0.107 e. The molecule has 0 bridgehead atoms. The predicted octanol–water partition coefficient (Wildman–Crippen LogP) is 2.46. The Balaban J connectivity index is 0.000000810. The SMILES string of the molecule is Fc1cccc[c]1[Zn][Br].I. The van der Waals surface area contributed by atoms with E-state index in [-0.39, 0.29) is 29.8 Å². The van der Waals surface area contributed by atoms with Gasteiger partial charge in [-0.15, -0.1) is 24.0 Å². The molecular formula is C6H5BrFIZn. The van der Waals surface area contributed by atoms with Crippen molar-refractivity contribution in [2.75, 3.05) is 0 Å². The van der Waals surface area contributed by atoms with E-state index in [1.807, 2.05) is 12.1 Å². The predicted molar refractivity (Wildman–Crippen MR) is 50.4 cm³/mol. The molecule has 10 heavy (non-hydrogen) atoms. The van der Waals surface area contributed by atoms with Crippen LogP contribution in [0.4, 0.5) is 4.39 Å². The van der Waals surface area contributed by atoms with Crippen molar-refractivity contribution in [2.24, 2.45) is 0 Å². The summed E-state index contributed by atoms with van der Waals surface area (Å²) in [6.07, 6.45) is 0. The molecule has 0 amide bonds. The summed E-state index contributed by atoms with van der Waals surface area (Å²) >= 11 is 2.48. The van der Waals surface area contributed by atoms with Crippen molar-refractivity contribution in [3.63, 3.8) is 0 Å². The Hall–Kier alpha value is 0.983. The molecule has 0 aliphatic heterocycles. The van der Waals surface area contributed by atoms with E-state index in [0.29, 0.717) is 0 Å². The van der Waals surface area contributed by atoms with E-state index in [9.17, 15) is 4.39 Å². The van der Waals surface area contributed by atoms with Gasteiger partial charge < -0.3 is 0 Å². The van der Waals surface area contributed by atoms with E-state index in [4.69, 9.17) is 0 Å². The molecule has 1 aromatic rings. The summed E-state index contributed by atoms with van der Waals surface area (Å²) in [6, 6.07) is 6.92. The van der Waals surface area contributed by atoms with Crippen molar-refractivity contribution in [1.82, 2.24) is 0 Å². The zero-order chi connectivity index (χ0) is 6.69. The average Bonchev–Trinajstić information content (AvgIpc) is 1.89. The molecule has 0 N–H and O–H groups in total. The van der Waals surface area contributed by atoms with E-state index in [2.05, 4.69) is 13.6 Å². The van der Waals surface area contributed by atoms with E-state index in [0.717, 1.165) is 4.16 Å². The molecular weight excluding hydrogens is 363 g/mol. The van der Waals surface area contributed by atoms with Crippen LogP contribution in [0.25, 0.3) is 0 Å². The van der Waals surface area contributed by atoms with Crippen molar-refractivity contribution in [1.29, 1.82) is 0 Å². The normalized spacial score (nSPS) is 7.80. The van der Waals surface area contributed by atoms with Gasteiger partial charge in [0, 0.05) is 0 Å². The van der Waals surface area contributed by atoms with Gasteiger partial charge in [-0.3, -0.25) is 0 Å². The molecule has 0 aromatic heterocycles. The minimum absolute atomic E-state index is 0. The molecule has 1 aromatic carbocycles. The molecule has 0 saturated carbocycles. The maximum atomic E-state index is 12.6. The van der Waals surface area contributed by atoms with Crippen molar-refractivity contribution < 1.29 is 19.6 Å². The van der Waals surface area contributed by atoms with Crippen LogP contribution < -0.4 is 4.16 Å². The molecule has 0 unspecified atom stereocenters. The van der Waals surface area contributed by atoms with Gasteiger partial charge in [0.05, 0.1) is 0 Å². The summed E-state index contributed by atoms with van der Waals surface area (Å²) < 4.78 is 13.5. The van der Waals surface area contributed by atoms with Crippen molar-refractivity contribution in [3.05, 3.63) is 30.1 Å². The fraction of sp³-hybridized carbons (Fsp3) is 0. The number of halogens is 3. The zero-order valence-electron chi connectivity index (χ0n) is 5.18. The third-order valence-electron chi connectivity index (χ3n) is 1.10.